The van der Waals surface area contributed by atoms with Crippen molar-refractivity contribution in [3.8, 4) is 11.4 Å². The average molecular weight is 570 g/mol. The lowest BCUT2D eigenvalue weighted by molar-refractivity contribution is -0.144. The number of fused-ring (bicyclic) bond motifs is 1. The fraction of sp³-hybridized carbons (Fsp3) is 0.231. The van der Waals surface area contributed by atoms with Gasteiger partial charge < -0.3 is 9.47 Å². The quantitative estimate of drug-likeness (QED) is 0.0927. The second kappa shape index (κ2) is 11.8. The number of hydrogen-bond acceptors (Lipinski definition) is 10. The van der Waals surface area contributed by atoms with E-state index >= 15 is 0 Å². The first-order chi connectivity index (χ1) is 18.3. The second-order valence-corrected chi connectivity index (χ2v) is 10.6. The summed E-state index contributed by atoms with van der Waals surface area (Å²) in [6, 6.07) is 15.4. The van der Waals surface area contributed by atoms with Gasteiger partial charge in [-0.25, -0.2) is 9.78 Å². The molecule has 1 atom stereocenters. The molecule has 0 radical (unpaired) electrons. The van der Waals surface area contributed by atoms with Crippen LogP contribution in [0.1, 0.15) is 31.1 Å². The normalized spacial score (nSPS) is 11.8. The Morgan fingerprint density at radius 1 is 0.974 bits per heavy atom. The van der Waals surface area contributed by atoms with Crippen molar-refractivity contribution < 1.29 is 23.9 Å². The van der Waals surface area contributed by atoms with Crippen LogP contribution >= 0.6 is 35.3 Å². The van der Waals surface area contributed by atoms with Crippen LogP contribution in [-0.4, -0.2) is 50.3 Å². The molecule has 0 bridgehead atoms. The Labute approximate surface area is 231 Å². The van der Waals surface area contributed by atoms with Gasteiger partial charge in [0.15, 0.2) is 25.8 Å². The Balaban J connectivity index is 1.93. The molecule has 2 aromatic heterocycles. The van der Waals surface area contributed by atoms with Gasteiger partial charge in [-0.1, -0.05) is 41.3 Å². The van der Waals surface area contributed by atoms with E-state index in [0.29, 0.717) is 25.6 Å². The van der Waals surface area contributed by atoms with Crippen molar-refractivity contribution >= 4 is 63.4 Å². The lowest BCUT2D eigenvalue weighted by Crippen LogP contribution is -2.29. The molecule has 0 aliphatic rings. The van der Waals surface area contributed by atoms with E-state index in [4.69, 9.17) is 26.7 Å². The zero-order valence-electron chi connectivity index (χ0n) is 20.7. The third-order valence-electron chi connectivity index (χ3n) is 5.32. The van der Waals surface area contributed by atoms with Crippen molar-refractivity contribution in [1.82, 2.24) is 14.1 Å². The number of carbonyl (C=O) groups excluding carboxylic acids is 3. The highest BCUT2D eigenvalue weighted by atomic mass is 32.2. The smallest absolute Gasteiger partial charge is 0.338 e. The number of ketones is 1. The fourth-order valence-corrected chi connectivity index (χ4v) is 5.91. The molecular formula is C26H23N3O6S3. The molecule has 0 spiro atoms. The van der Waals surface area contributed by atoms with Gasteiger partial charge >= 0.3 is 11.9 Å². The third kappa shape index (κ3) is 5.47. The second-order valence-electron chi connectivity index (χ2n) is 7.85. The zero-order valence-corrected chi connectivity index (χ0v) is 23.2. The van der Waals surface area contributed by atoms with Crippen molar-refractivity contribution in [2.24, 2.45) is 0 Å². The summed E-state index contributed by atoms with van der Waals surface area (Å²) in [6.45, 7) is 5.02. The number of Topliss-reactive ketones (excluding diaryl/α,β-unsaturated/α-hetero) is 1. The standard InChI is InChI=1S/C26H23N3O6S3/c1-4-34-23(32)16-11-13-18(14-12-16)28-21-20(38-26(28)36)22(31)29(17-9-7-6-8-10-17)25(27-21)37-19(15(3)30)24(33)35-5-2/h6-14,19H,4-5H2,1-3H3. The number of para-hydroxylation sites is 1. The summed E-state index contributed by atoms with van der Waals surface area (Å²) in [6.07, 6.45) is 0. The van der Waals surface area contributed by atoms with Gasteiger partial charge in [-0.05, 0) is 69.4 Å². The maximum Gasteiger partial charge on any atom is 0.338 e. The van der Waals surface area contributed by atoms with Gasteiger partial charge in [0.2, 0.25) is 0 Å². The molecule has 4 aromatic rings. The van der Waals surface area contributed by atoms with Crippen LogP contribution in [-0.2, 0) is 19.1 Å². The first kappa shape index (κ1) is 27.4. The average Bonchev–Trinajstić information content (AvgIpc) is 3.24. The molecule has 38 heavy (non-hydrogen) atoms. The predicted octanol–water partition coefficient (Wildman–Crippen LogP) is 4.76. The molecule has 1 unspecified atom stereocenters. The number of thiazole rings is 1. The molecule has 0 N–H and O–H groups in total. The Kier molecular flexibility index (Phi) is 8.55. The van der Waals surface area contributed by atoms with Gasteiger partial charge in [-0.3, -0.25) is 23.5 Å². The van der Waals surface area contributed by atoms with Crippen LogP contribution in [0.5, 0.6) is 0 Å². The van der Waals surface area contributed by atoms with Crippen LogP contribution < -0.4 is 5.56 Å². The van der Waals surface area contributed by atoms with Crippen LogP contribution in [0.15, 0.2) is 64.5 Å². The maximum atomic E-state index is 13.8. The molecule has 0 amide bonds. The number of rotatable bonds is 9. The minimum atomic E-state index is -1.21. The zero-order chi connectivity index (χ0) is 27.4. The van der Waals surface area contributed by atoms with E-state index in [1.165, 1.54) is 11.5 Å². The molecule has 0 saturated carbocycles. The van der Waals surface area contributed by atoms with Crippen molar-refractivity contribution in [2.75, 3.05) is 13.2 Å². The minimum Gasteiger partial charge on any atom is -0.465 e. The number of benzene rings is 2. The van der Waals surface area contributed by atoms with Gasteiger partial charge in [-0.2, -0.15) is 0 Å². The summed E-state index contributed by atoms with van der Waals surface area (Å²) < 4.78 is 13.8. The van der Waals surface area contributed by atoms with E-state index < -0.39 is 28.5 Å². The number of ether oxygens (including phenoxy) is 2. The summed E-state index contributed by atoms with van der Waals surface area (Å²) in [5.41, 5.74) is 1.35. The Bertz CT molecular complexity index is 1620. The molecule has 2 heterocycles. The number of thioether (sulfide) groups is 1. The molecule has 9 nitrogen and oxygen atoms in total. The Morgan fingerprint density at radius 3 is 2.21 bits per heavy atom. The maximum absolute atomic E-state index is 13.8. The van der Waals surface area contributed by atoms with E-state index in [-0.39, 0.29) is 24.0 Å². The van der Waals surface area contributed by atoms with Gasteiger partial charge in [0.25, 0.3) is 5.56 Å². The molecule has 0 aliphatic carbocycles. The molecule has 4 rings (SSSR count). The van der Waals surface area contributed by atoms with E-state index in [2.05, 4.69) is 0 Å². The van der Waals surface area contributed by atoms with E-state index in [9.17, 15) is 19.2 Å². The summed E-state index contributed by atoms with van der Waals surface area (Å²) in [5.74, 6) is -1.59. The van der Waals surface area contributed by atoms with Crippen molar-refractivity contribution in [3.63, 3.8) is 0 Å². The highest BCUT2D eigenvalue weighted by Gasteiger charge is 2.30. The molecule has 12 heteroatoms. The number of carbonyl (C=O) groups is 3. The highest BCUT2D eigenvalue weighted by molar-refractivity contribution is 8.01. The summed E-state index contributed by atoms with van der Waals surface area (Å²) in [7, 11) is 0. The molecular weight excluding hydrogens is 547 g/mol. The molecule has 0 aliphatic heterocycles. The monoisotopic (exact) mass is 569 g/mol. The van der Waals surface area contributed by atoms with Crippen molar-refractivity contribution in [2.45, 2.75) is 31.2 Å². The molecule has 196 valence electrons. The van der Waals surface area contributed by atoms with Gasteiger partial charge in [0, 0.05) is 5.69 Å². The summed E-state index contributed by atoms with van der Waals surface area (Å²) >= 11 is 7.54. The van der Waals surface area contributed by atoms with Crippen LogP contribution in [0.3, 0.4) is 0 Å². The van der Waals surface area contributed by atoms with E-state index in [1.54, 1.807) is 66.9 Å². The lowest BCUT2D eigenvalue weighted by atomic mass is 10.2. The van der Waals surface area contributed by atoms with E-state index in [1.807, 2.05) is 6.07 Å². The van der Waals surface area contributed by atoms with Crippen LogP contribution in [0.4, 0.5) is 0 Å². The first-order valence-electron chi connectivity index (χ1n) is 11.6. The number of esters is 2. The van der Waals surface area contributed by atoms with Crippen LogP contribution in [0.2, 0.25) is 0 Å². The third-order valence-corrected chi connectivity index (χ3v) is 7.92. The molecule has 0 fully saturated rings. The van der Waals surface area contributed by atoms with Crippen molar-refractivity contribution in [3.05, 3.63) is 74.5 Å². The van der Waals surface area contributed by atoms with Gasteiger partial charge in [0.05, 0.1) is 24.5 Å². The topological polar surface area (TPSA) is 109 Å². The largest absolute Gasteiger partial charge is 0.465 e. The van der Waals surface area contributed by atoms with Crippen LogP contribution in [0.25, 0.3) is 21.7 Å². The molecule has 2 aromatic carbocycles. The Morgan fingerprint density at radius 2 is 1.61 bits per heavy atom. The summed E-state index contributed by atoms with van der Waals surface area (Å²) in [4.78, 5) is 55.6. The predicted molar refractivity (Wildman–Crippen MR) is 148 cm³/mol. The SMILES string of the molecule is CCOC(=O)c1ccc(-n2c(=S)sc3c(=O)n(-c4ccccc4)c(SC(C(C)=O)C(=O)OCC)nc32)cc1. The van der Waals surface area contributed by atoms with Gasteiger partial charge in [-0.15, -0.1) is 0 Å². The van der Waals surface area contributed by atoms with Crippen molar-refractivity contribution in [1.29, 1.82) is 0 Å². The molecule has 0 saturated heterocycles. The van der Waals surface area contributed by atoms with Gasteiger partial charge in [0.1, 0.15) is 4.70 Å². The summed E-state index contributed by atoms with van der Waals surface area (Å²) in [5, 5.41) is -1.08. The Hall–Kier alpha value is -3.61. The minimum absolute atomic E-state index is 0.104. The first-order valence-corrected chi connectivity index (χ1v) is 13.7. The number of aromatic nitrogens is 3. The van der Waals surface area contributed by atoms with Crippen LogP contribution in [0, 0.1) is 3.95 Å². The van der Waals surface area contributed by atoms with E-state index in [0.717, 1.165) is 23.1 Å². The number of hydrogen-bond donors (Lipinski definition) is 0. The highest BCUT2D eigenvalue weighted by Crippen LogP contribution is 2.30. The lowest BCUT2D eigenvalue weighted by Gasteiger charge is -2.16. The fourth-order valence-electron chi connectivity index (χ4n) is 3.63. The number of nitrogens with zero attached hydrogens (tertiary/aromatic N) is 3.